The number of morpholine rings is 1. The molecular weight excluding hydrogens is 224 g/mol. The van der Waals surface area contributed by atoms with Gasteiger partial charge in [-0.2, -0.15) is 0 Å². The minimum Gasteiger partial charge on any atom is -0.375 e. The van der Waals surface area contributed by atoms with Crippen molar-refractivity contribution in [2.24, 2.45) is 0 Å². The molecule has 3 heteroatoms. The summed E-state index contributed by atoms with van der Waals surface area (Å²) in [4.78, 5) is 5.14. The number of hydrogen-bond donors (Lipinski definition) is 0. The molecule has 2 unspecified atom stereocenters. The number of rotatable bonds is 2. The summed E-state index contributed by atoms with van der Waals surface area (Å²) < 4.78 is 5.96. The molecule has 3 nitrogen and oxygen atoms in total. The van der Waals surface area contributed by atoms with Gasteiger partial charge in [0.25, 0.3) is 0 Å². The first-order valence-corrected chi connectivity index (χ1v) is 7.55. The molecular formula is C15H26N2O. The van der Waals surface area contributed by atoms with Gasteiger partial charge in [-0.15, -0.1) is 0 Å². The zero-order valence-corrected chi connectivity index (χ0v) is 11.6. The summed E-state index contributed by atoms with van der Waals surface area (Å²) in [6.07, 6.45) is 9.58. The van der Waals surface area contributed by atoms with Crippen molar-refractivity contribution >= 4 is 0 Å². The van der Waals surface area contributed by atoms with Crippen LogP contribution in [-0.2, 0) is 4.74 Å². The molecule has 2 fully saturated rings. The molecule has 18 heavy (non-hydrogen) atoms. The summed E-state index contributed by atoms with van der Waals surface area (Å²) in [5.74, 6) is 0. The highest BCUT2D eigenvalue weighted by atomic mass is 16.5. The number of piperidine rings is 1. The lowest BCUT2D eigenvalue weighted by Gasteiger charge is -2.46. The summed E-state index contributed by atoms with van der Waals surface area (Å²) >= 11 is 0. The predicted octanol–water partition coefficient (Wildman–Crippen LogP) is 1.89. The van der Waals surface area contributed by atoms with Crippen molar-refractivity contribution in [3.8, 4) is 0 Å². The topological polar surface area (TPSA) is 15.7 Å². The van der Waals surface area contributed by atoms with E-state index in [0.29, 0.717) is 12.1 Å². The van der Waals surface area contributed by atoms with Crippen LogP contribution in [0.2, 0.25) is 0 Å². The van der Waals surface area contributed by atoms with Crippen molar-refractivity contribution in [1.29, 1.82) is 0 Å². The largest absolute Gasteiger partial charge is 0.375 e. The molecule has 3 aliphatic rings. The van der Waals surface area contributed by atoms with Gasteiger partial charge in [0, 0.05) is 32.2 Å². The van der Waals surface area contributed by atoms with Gasteiger partial charge in [0.2, 0.25) is 0 Å². The smallest absolute Gasteiger partial charge is 0.0755 e. The summed E-state index contributed by atoms with van der Waals surface area (Å²) in [5, 5.41) is 0. The van der Waals surface area contributed by atoms with Gasteiger partial charge in [-0.1, -0.05) is 11.6 Å². The van der Waals surface area contributed by atoms with E-state index in [1.807, 2.05) is 0 Å². The van der Waals surface area contributed by atoms with E-state index in [1.54, 1.807) is 5.57 Å². The number of nitrogens with zero attached hydrogens (tertiary/aromatic N) is 2. The molecule has 0 aromatic carbocycles. The SMILES string of the molecule is CN1CCC2OCCN(CC3=CCCCC3)C2C1. The molecule has 0 amide bonds. The molecule has 0 bridgehead atoms. The molecule has 0 N–H and O–H groups in total. The van der Waals surface area contributed by atoms with Crippen LogP contribution in [0.4, 0.5) is 0 Å². The van der Waals surface area contributed by atoms with Gasteiger partial charge in [-0.25, -0.2) is 0 Å². The van der Waals surface area contributed by atoms with E-state index >= 15 is 0 Å². The second kappa shape index (κ2) is 5.72. The van der Waals surface area contributed by atoms with Gasteiger partial charge in [0.05, 0.1) is 12.7 Å². The highest BCUT2D eigenvalue weighted by Gasteiger charge is 2.36. The van der Waals surface area contributed by atoms with E-state index in [-0.39, 0.29) is 0 Å². The maximum Gasteiger partial charge on any atom is 0.0755 e. The van der Waals surface area contributed by atoms with Gasteiger partial charge >= 0.3 is 0 Å². The van der Waals surface area contributed by atoms with Crippen molar-refractivity contribution < 1.29 is 4.74 Å². The lowest BCUT2D eigenvalue weighted by Crippen LogP contribution is -2.59. The van der Waals surface area contributed by atoms with Crippen LogP contribution in [-0.4, -0.2) is 61.8 Å². The molecule has 2 aliphatic heterocycles. The molecule has 0 radical (unpaired) electrons. The molecule has 3 rings (SSSR count). The Morgan fingerprint density at radius 2 is 2.28 bits per heavy atom. The number of ether oxygens (including phenoxy) is 1. The summed E-state index contributed by atoms with van der Waals surface area (Å²) in [7, 11) is 2.24. The Morgan fingerprint density at radius 3 is 3.11 bits per heavy atom. The van der Waals surface area contributed by atoms with E-state index in [0.717, 1.165) is 13.2 Å². The number of hydrogen-bond acceptors (Lipinski definition) is 3. The summed E-state index contributed by atoms with van der Waals surface area (Å²) in [6, 6.07) is 0.625. The van der Waals surface area contributed by atoms with Gasteiger partial charge < -0.3 is 9.64 Å². The monoisotopic (exact) mass is 250 g/mol. The molecule has 2 atom stereocenters. The van der Waals surface area contributed by atoms with Crippen molar-refractivity contribution in [2.75, 3.05) is 39.8 Å². The van der Waals surface area contributed by atoms with Gasteiger partial charge in [-0.3, -0.25) is 4.90 Å². The third-order valence-electron chi connectivity index (χ3n) is 4.69. The Balaban J connectivity index is 1.64. The lowest BCUT2D eigenvalue weighted by atomic mass is 9.95. The molecule has 0 saturated carbocycles. The van der Waals surface area contributed by atoms with E-state index in [9.17, 15) is 0 Å². The predicted molar refractivity (Wildman–Crippen MR) is 73.8 cm³/mol. The number of fused-ring (bicyclic) bond motifs is 1. The highest BCUT2D eigenvalue weighted by molar-refractivity contribution is 5.08. The van der Waals surface area contributed by atoms with Crippen molar-refractivity contribution in [3.05, 3.63) is 11.6 Å². The zero-order chi connectivity index (χ0) is 12.4. The Bertz CT molecular complexity index is 316. The van der Waals surface area contributed by atoms with Crippen molar-refractivity contribution in [2.45, 2.75) is 44.2 Å². The minimum absolute atomic E-state index is 0.485. The normalized spacial score (nSPS) is 35.1. The second-order valence-corrected chi connectivity index (χ2v) is 6.11. The van der Waals surface area contributed by atoms with Gasteiger partial charge in [-0.05, 0) is 39.2 Å². The fourth-order valence-corrected chi connectivity index (χ4v) is 3.61. The fraction of sp³-hybridized carbons (Fsp3) is 0.867. The maximum atomic E-state index is 5.96. The molecule has 0 aromatic rings. The Kier molecular flexibility index (Phi) is 4.02. The van der Waals surface area contributed by atoms with Crippen molar-refractivity contribution in [3.63, 3.8) is 0 Å². The average Bonchev–Trinajstić information content (AvgIpc) is 2.41. The third-order valence-corrected chi connectivity index (χ3v) is 4.69. The second-order valence-electron chi connectivity index (χ2n) is 6.11. The number of likely N-dealkylation sites (tertiary alicyclic amines) is 1. The molecule has 102 valence electrons. The van der Waals surface area contributed by atoms with E-state index in [4.69, 9.17) is 4.74 Å². The quantitative estimate of drug-likeness (QED) is 0.696. The Hall–Kier alpha value is -0.380. The maximum absolute atomic E-state index is 5.96. The van der Waals surface area contributed by atoms with Crippen LogP contribution in [0.1, 0.15) is 32.1 Å². The van der Waals surface area contributed by atoms with Crippen LogP contribution in [0.3, 0.4) is 0 Å². The minimum atomic E-state index is 0.485. The summed E-state index contributed by atoms with van der Waals surface area (Å²) in [6.45, 7) is 5.61. The molecule has 1 aliphatic carbocycles. The van der Waals surface area contributed by atoms with Crippen LogP contribution < -0.4 is 0 Å². The van der Waals surface area contributed by atoms with E-state index in [1.165, 1.54) is 51.7 Å². The van der Waals surface area contributed by atoms with Crippen LogP contribution >= 0.6 is 0 Å². The first-order chi connectivity index (χ1) is 8.83. The molecule has 2 saturated heterocycles. The summed E-state index contributed by atoms with van der Waals surface area (Å²) in [5.41, 5.74) is 1.68. The van der Waals surface area contributed by atoms with Gasteiger partial charge in [0.15, 0.2) is 0 Å². The first kappa shape index (κ1) is 12.6. The van der Waals surface area contributed by atoms with E-state index in [2.05, 4.69) is 22.9 Å². The lowest BCUT2D eigenvalue weighted by molar-refractivity contribution is -0.0969. The standard InChI is InChI=1S/C15H26N2O/c1-16-8-7-15-14(12-16)17(9-10-18-15)11-13-5-3-2-4-6-13/h5,14-15H,2-4,6-12H2,1H3. The van der Waals surface area contributed by atoms with E-state index < -0.39 is 0 Å². The number of allylic oxidation sites excluding steroid dienone is 1. The molecule has 0 aromatic heterocycles. The third kappa shape index (κ3) is 2.79. The highest BCUT2D eigenvalue weighted by Crippen LogP contribution is 2.25. The zero-order valence-electron chi connectivity index (χ0n) is 11.6. The Labute approximate surface area is 111 Å². The van der Waals surface area contributed by atoms with Crippen LogP contribution in [0.5, 0.6) is 0 Å². The first-order valence-electron chi connectivity index (χ1n) is 7.55. The fourth-order valence-electron chi connectivity index (χ4n) is 3.61. The van der Waals surface area contributed by atoms with Crippen LogP contribution in [0.25, 0.3) is 0 Å². The van der Waals surface area contributed by atoms with Crippen LogP contribution in [0, 0.1) is 0 Å². The van der Waals surface area contributed by atoms with Crippen molar-refractivity contribution in [1.82, 2.24) is 9.80 Å². The van der Waals surface area contributed by atoms with Gasteiger partial charge in [0.1, 0.15) is 0 Å². The molecule has 0 spiro atoms. The Morgan fingerprint density at radius 1 is 1.33 bits per heavy atom. The number of likely N-dealkylation sites (N-methyl/N-ethyl adjacent to an activating group) is 1. The molecule has 2 heterocycles. The average molecular weight is 250 g/mol. The van der Waals surface area contributed by atoms with Crippen LogP contribution in [0.15, 0.2) is 11.6 Å².